The van der Waals surface area contributed by atoms with Gasteiger partial charge >= 0.3 is 0 Å². The molecule has 1 aliphatic rings. The largest absolute Gasteiger partial charge is 0.349 e. The van der Waals surface area contributed by atoms with Crippen LogP contribution in [-0.2, 0) is 6.54 Å². The van der Waals surface area contributed by atoms with Crippen LogP contribution in [0.5, 0.6) is 0 Å². The molecule has 0 atom stereocenters. The third-order valence-electron chi connectivity index (χ3n) is 6.45. The molecule has 4 heteroatoms. The van der Waals surface area contributed by atoms with Crippen molar-refractivity contribution in [3.8, 4) is 11.1 Å². The molecular formula is C29H27FN2O. The number of benzene rings is 4. The maximum atomic E-state index is 13.4. The minimum atomic E-state index is -0.202. The first-order chi connectivity index (χ1) is 16.1. The number of hydrogen-bond donors (Lipinski definition) is 1. The van der Waals surface area contributed by atoms with Crippen LogP contribution in [0.4, 0.5) is 4.39 Å². The molecule has 3 nitrogen and oxygen atoms in total. The third kappa shape index (κ3) is 5.12. The predicted octanol–water partition coefficient (Wildman–Crippen LogP) is 6.04. The molecule has 33 heavy (non-hydrogen) atoms. The Kier molecular flexibility index (Phi) is 6.18. The van der Waals surface area contributed by atoms with Gasteiger partial charge in [-0.05, 0) is 70.6 Å². The van der Waals surface area contributed by atoms with E-state index in [4.69, 9.17) is 0 Å². The van der Waals surface area contributed by atoms with E-state index in [0.29, 0.717) is 5.56 Å². The Hall–Kier alpha value is -3.50. The van der Waals surface area contributed by atoms with Crippen LogP contribution in [0.15, 0.2) is 91.0 Å². The molecule has 0 aliphatic carbocycles. The lowest BCUT2D eigenvalue weighted by Crippen LogP contribution is -2.44. The summed E-state index contributed by atoms with van der Waals surface area (Å²) in [6.45, 7) is 2.76. The molecule has 0 bridgehead atoms. The van der Waals surface area contributed by atoms with Gasteiger partial charge in [-0.15, -0.1) is 0 Å². The van der Waals surface area contributed by atoms with Crippen LogP contribution in [0, 0.1) is 5.82 Å². The van der Waals surface area contributed by atoms with Crippen LogP contribution in [0.1, 0.15) is 28.8 Å². The maximum Gasteiger partial charge on any atom is 0.251 e. The molecule has 1 fully saturated rings. The monoisotopic (exact) mass is 438 g/mol. The summed E-state index contributed by atoms with van der Waals surface area (Å²) in [5, 5.41) is 5.20. The summed E-state index contributed by atoms with van der Waals surface area (Å²) >= 11 is 0. The molecule has 166 valence electrons. The van der Waals surface area contributed by atoms with E-state index in [2.05, 4.69) is 34.5 Å². The topological polar surface area (TPSA) is 32.3 Å². The molecule has 0 aromatic heterocycles. The summed E-state index contributed by atoms with van der Waals surface area (Å²) in [5.41, 5.74) is 4.19. The second-order valence-corrected chi connectivity index (χ2v) is 8.79. The van der Waals surface area contributed by atoms with Gasteiger partial charge in [0.2, 0.25) is 0 Å². The average molecular weight is 439 g/mol. The van der Waals surface area contributed by atoms with Crippen LogP contribution in [-0.4, -0.2) is 29.9 Å². The quantitative estimate of drug-likeness (QED) is 0.412. The van der Waals surface area contributed by atoms with Crippen molar-refractivity contribution in [2.24, 2.45) is 0 Å². The minimum Gasteiger partial charge on any atom is -0.349 e. The van der Waals surface area contributed by atoms with Crippen LogP contribution < -0.4 is 5.32 Å². The van der Waals surface area contributed by atoms with E-state index in [9.17, 15) is 9.18 Å². The molecule has 4 aromatic carbocycles. The first-order valence-electron chi connectivity index (χ1n) is 11.5. The van der Waals surface area contributed by atoms with Gasteiger partial charge in [-0.3, -0.25) is 9.69 Å². The zero-order chi connectivity index (χ0) is 22.6. The molecule has 1 amide bonds. The molecule has 1 aliphatic heterocycles. The number of carbonyl (C=O) groups excluding carboxylic acids is 1. The van der Waals surface area contributed by atoms with Crippen molar-refractivity contribution in [1.82, 2.24) is 10.2 Å². The van der Waals surface area contributed by atoms with Crippen molar-refractivity contribution in [2.75, 3.05) is 13.1 Å². The molecule has 1 saturated heterocycles. The van der Waals surface area contributed by atoms with Gasteiger partial charge in [0.05, 0.1) is 0 Å². The fourth-order valence-corrected chi connectivity index (χ4v) is 4.57. The van der Waals surface area contributed by atoms with Crippen LogP contribution in [0.2, 0.25) is 0 Å². The summed E-state index contributed by atoms with van der Waals surface area (Å²) in [7, 11) is 0. The second-order valence-electron chi connectivity index (χ2n) is 8.79. The molecule has 0 saturated carbocycles. The zero-order valence-corrected chi connectivity index (χ0v) is 18.5. The van der Waals surface area contributed by atoms with Gasteiger partial charge in [0.25, 0.3) is 5.91 Å². The van der Waals surface area contributed by atoms with E-state index in [0.717, 1.165) is 54.4 Å². The maximum absolute atomic E-state index is 13.4. The summed E-state index contributed by atoms with van der Waals surface area (Å²) in [4.78, 5) is 15.1. The van der Waals surface area contributed by atoms with Crippen molar-refractivity contribution >= 4 is 16.7 Å². The Morgan fingerprint density at radius 2 is 1.48 bits per heavy atom. The molecule has 0 radical (unpaired) electrons. The second kappa shape index (κ2) is 9.55. The molecule has 4 aromatic rings. The fourth-order valence-electron chi connectivity index (χ4n) is 4.57. The Balaban J connectivity index is 1.14. The normalized spacial score (nSPS) is 14.9. The number of nitrogens with one attached hydrogen (secondary N) is 1. The Labute approximate surface area is 193 Å². The summed E-state index contributed by atoms with van der Waals surface area (Å²) in [6, 6.07) is 29.3. The van der Waals surface area contributed by atoms with Crippen LogP contribution in [0.25, 0.3) is 21.9 Å². The predicted molar refractivity (Wildman–Crippen MR) is 132 cm³/mol. The van der Waals surface area contributed by atoms with Crippen molar-refractivity contribution < 1.29 is 9.18 Å². The smallest absolute Gasteiger partial charge is 0.251 e. The number of piperidine rings is 1. The highest BCUT2D eigenvalue weighted by molar-refractivity contribution is 5.94. The standard InChI is InChI=1S/C29H27FN2O/c30-27-13-12-25-18-21(6-7-26(25)19-27)20-32-16-14-28(15-17-32)31-29(33)24-10-8-23(9-11-24)22-4-2-1-3-5-22/h1-13,18-19,28H,14-17,20H2,(H,31,33). The van der Waals surface area contributed by atoms with E-state index >= 15 is 0 Å². The summed E-state index contributed by atoms with van der Waals surface area (Å²) in [5.74, 6) is -0.207. The van der Waals surface area contributed by atoms with Crippen molar-refractivity contribution in [3.63, 3.8) is 0 Å². The van der Waals surface area contributed by atoms with E-state index in [1.165, 1.54) is 11.6 Å². The minimum absolute atomic E-state index is 0.00479. The molecular weight excluding hydrogens is 411 g/mol. The highest BCUT2D eigenvalue weighted by atomic mass is 19.1. The van der Waals surface area contributed by atoms with Gasteiger partial charge in [0.15, 0.2) is 0 Å². The first-order valence-corrected chi connectivity index (χ1v) is 11.5. The van der Waals surface area contributed by atoms with Crippen molar-refractivity contribution in [2.45, 2.75) is 25.4 Å². The van der Waals surface area contributed by atoms with Crippen LogP contribution >= 0.6 is 0 Å². The molecule has 1 heterocycles. The number of carbonyl (C=O) groups is 1. The van der Waals surface area contributed by atoms with Gasteiger partial charge in [-0.1, -0.05) is 60.7 Å². The average Bonchev–Trinajstić information content (AvgIpc) is 2.86. The van der Waals surface area contributed by atoms with E-state index in [-0.39, 0.29) is 17.8 Å². The number of rotatable bonds is 5. The van der Waals surface area contributed by atoms with Gasteiger partial charge in [-0.25, -0.2) is 4.39 Å². The number of nitrogens with zero attached hydrogens (tertiary/aromatic N) is 1. The van der Waals surface area contributed by atoms with E-state index in [1.54, 1.807) is 6.07 Å². The molecule has 0 spiro atoms. The highest BCUT2D eigenvalue weighted by Gasteiger charge is 2.21. The number of hydrogen-bond acceptors (Lipinski definition) is 2. The van der Waals surface area contributed by atoms with Crippen molar-refractivity contribution in [1.29, 1.82) is 0 Å². The molecule has 5 rings (SSSR count). The lowest BCUT2D eigenvalue weighted by Gasteiger charge is -2.32. The Bertz CT molecular complexity index is 1250. The van der Waals surface area contributed by atoms with Gasteiger partial charge in [0, 0.05) is 31.2 Å². The Morgan fingerprint density at radius 3 is 2.24 bits per heavy atom. The lowest BCUT2D eigenvalue weighted by molar-refractivity contribution is 0.0909. The lowest BCUT2D eigenvalue weighted by atomic mass is 10.0. The molecule has 0 unspecified atom stereocenters. The van der Waals surface area contributed by atoms with Crippen LogP contribution in [0.3, 0.4) is 0 Å². The Morgan fingerprint density at radius 1 is 0.818 bits per heavy atom. The van der Waals surface area contributed by atoms with E-state index < -0.39 is 0 Å². The zero-order valence-electron chi connectivity index (χ0n) is 18.5. The third-order valence-corrected chi connectivity index (χ3v) is 6.45. The van der Waals surface area contributed by atoms with E-state index in [1.807, 2.05) is 54.6 Å². The highest BCUT2D eigenvalue weighted by Crippen LogP contribution is 2.21. The van der Waals surface area contributed by atoms with Crippen molar-refractivity contribution in [3.05, 3.63) is 108 Å². The summed E-state index contributed by atoms with van der Waals surface area (Å²) < 4.78 is 13.4. The van der Waals surface area contributed by atoms with Gasteiger partial charge in [0.1, 0.15) is 5.82 Å². The SMILES string of the molecule is O=C(NC1CCN(Cc2ccc3cc(F)ccc3c2)CC1)c1ccc(-c2ccccc2)cc1. The van der Waals surface area contributed by atoms with Gasteiger partial charge < -0.3 is 5.32 Å². The molecule has 1 N–H and O–H groups in total. The first kappa shape index (κ1) is 21.4. The fraction of sp³-hybridized carbons (Fsp3) is 0.207. The number of fused-ring (bicyclic) bond motifs is 1. The number of amides is 1. The number of likely N-dealkylation sites (tertiary alicyclic amines) is 1. The number of halogens is 1. The van der Waals surface area contributed by atoms with Gasteiger partial charge in [-0.2, -0.15) is 0 Å². The summed E-state index contributed by atoms with van der Waals surface area (Å²) in [6.07, 6.45) is 1.87.